The minimum atomic E-state index is -0.257. The molecule has 15 aromatic rings. The molecule has 2 aliphatic heterocycles. The number of unbranched alkanes of at least 4 members (excludes halogenated alkanes) is 2. The van der Waals surface area contributed by atoms with Crippen LogP contribution < -0.4 is 26.2 Å². The van der Waals surface area contributed by atoms with E-state index in [1.54, 1.807) is 0 Å². The van der Waals surface area contributed by atoms with Crippen LogP contribution in [0.2, 0.25) is 0 Å². The number of aromatic nitrogens is 2. The molecule has 6 heterocycles. The van der Waals surface area contributed by atoms with Crippen molar-refractivity contribution in [2.75, 3.05) is 9.80 Å². The first-order chi connectivity index (χ1) is 41.7. The highest BCUT2D eigenvalue weighted by Crippen LogP contribution is 2.53. The third-order valence-electron chi connectivity index (χ3n) is 18.8. The molecule has 0 saturated carbocycles. The number of furan rings is 2. The zero-order chi connectivity index (χ0) is 56.8. The summed E-state index contributed by atoms with van der Waals surface area (Å²) >= 11 is 0. The Kier molecular flexibility index (Phi) is 11.1. The number of hydrogen-bond acceptors (Lipinski definition) is 4. The maximum absolute atomic E-state index is 6.93. The monoisotopic (exact) mass is 1100 g/mol. The molecule has 0 fully saturated rings. The molecule has 0 bridgehead atoms. The third-order valence-corrected chi connectivity index (χ3v) is 18.8. The molecule has 4 aromatic heterocycles. The molecule has 0 spiro atoms. The molecule has 6 nitrogen and oxygen atoms in total. The first-order valence-electron chi connectivity index (χ1n) is 30.7. The van der Waals surface area contributed by atoms with Crippen LogP contribution in [-0.2, 0) is 18.3 Å². The molecule has 11 aromatic carbocycles. The Morgan fingerprint density at radius 1 is 0.376 bits per heavy atom. The Morgan fingerprint density at radius 2 is 0.753 bits per heavy atom. The molecule has 85 heavy (non-hydrogen) atoms. The van der Waals surface area contributed by atoms with Gasteiger partial charge in [-0.25, -0.2) is 0 Å². The Hall–Kier alpha value is -9.72. The number of rotatable bonds is 10. The van der Waals surface area contributed by atoms with E-state index < -0.39 is 0 Å². The molecule has 0 saturated heterocycles. The van der Waals surface area contributed by atoms with Crippen molar-refractivity contribution >= 4 is 145 Å². The second kappa shape index (κ2) is 18.9. The van der Waals surface area contributed by atoms with Gasteiger partial charge in [0, 0.05) is 66.4 Å². The van der Waals surface area contributed by atoms with Crippen LogP contribution in [0.4, 0.5) is 34.1 Å². The van der Waals surface area contributed by atoms with Gasteiger partial charge < -0.3 is 27.8 Å². The normalized spacial score (nSPS) is 13.2. The van der Waals surface area contributed by atoms with Gasteiger partial charge in [-0.2, -0.15) is 0 Å². The van der Waals surface area contributed by atoms with E-state index in [9.17, 15) is 0 Å². The number of hydrogen-bond donors (Lipinski definition) is 0. The topological polar surface area (TPSA) is 42.6 Å². The van der Waals surface area contributed by atoms with Crippen molar-refractivity contribution in [1.82, 2.24) is 9.13 Å². The predicted molar refractivity (Wildman–Crippen MR) is 360 cm³/mol. The molecule has 0 unspecified atom stereocenters. The maximum atomic E-state index is 6.93. The summed E-state index contributed by atoms with van der Waals surface area (Å²) in [5.74, 6) is 0. The van der Waals surface area contributed by atoms with Crippen LogP contribution >= 0.6 is 0 Å². The molecular formula is C78H63BN4O2. The summed E-state index contributed by atoms with van der Waals surface area (Å²) in [6.07, 6.45) is 6.09. The molecule has 7 heteroatoms. The van der Waals surface area contributed by atoms with Crippen molar-refractivity contribution in [2.24, 2.45) is 0 Å². The van der Waals surface area contributed by atoms with E-state index in [1.807, 2.05) is 0 Å². The fourth-order valence-corrected chi connectivity index (χ4v) is 14.9. The SMILES string of the molecule is CCCCc1ccc2oc3ccccc3c2c1N1c2cc(-n3c4ccccc4c4ccccc43)ccc2B2c3ccc(-n4c5ccccc5c5ccccc54)cc3N(c3c(CCCC)ccc4oc5ccccc5c34)c3cc(C(C)(C)C)cc1c32. The lowest BCUT2D eigenvalue weighted by molar-refractivity contribution is 0.590. The molecule has 0 amide bonds. The second-order valence-electron chi connectivity index (χ2n) is 24.8. The van der Waals surface area contributed by atoms with Gasteiger partial charge in [0.1, 0.15) is 22.3 Å². The van der Waals surface area contributed by atoms with Crippen LogP contribution in [0.15, 0.2) is 227 Å². The highest BCUT2D eigenvalue weighted by Gasteiger charge is 2.46. The molecule has 2 aliphatic rings. The molecule has 0 atom stereocenters. The van der Waals surface area contributed by atoms with Crippen molar-refractivity contribution in [1.29, 1.82) is 0 Å². The molecule has 0 aliphatic carbocycles. The van der Waals surface area contributed by atoms with E-state index in [1.165, 1.54) is 111 Å². The van der Waals surface area contributed by atoms with Crippen LogP contribution in [0.5, 0.6) is 0 Å². The Morgan fingerprint density at radius 3 is 1.14 bits per heavy atom. The summed E-state index contributed by atoms with van der Waals surface area (Å²) in [4.78, 5) is 5.40. The summed E-state index contributed by atoms with van der Waals surface area (Å²) in [7, 11) is 0. The van der Waals surface area contributed by atoms with E-state index in [4.69, 9.17) is 8.83 Å². The number of para-hydroxylation sites is 6. The number of fused-ring (bicyclic) bond motifs is 16. The molecule has 410 valence electrons. The molecule has 0 N–H and O–H groups in total. The van der Waals surface area contributed by atoms with Gasteiger partial charge in [0.2, 0.25) is 0 Å². The average Bonchev–Trinajstić information content (AvgIpc) is 0.921. The highest BCUT2D eigenvalue weighted by molar-refractivity contribution is 7.00. The van der Waals surface area contributed by atoms with E-state index in [0.717, 1.165) is 93.8 Å². The second-order valence-corrected chi connectivity index (χ2v) is 24.8. The van der Waals surface area contributed by atoms with E-state index in [2.05, 4.69) is 272 Å². The molecule has 0 radical (unpaired) electrons. The van der Waals surface area contributed by atoms with E-state index >= 15 is 0 Å². The Labute approximate surface area is 494 Å². The Balaban J connectivity index is 1.05. The van der Waals surface area contributed by atoms with Gasteiger partial charge in [-0.3, -0.25) is 0 Å². The molecule has 17 rings (SSSR count). The summed E-state index contributed by atoms with van der Waals surface area (Å²) in [6, 6.07) is 82.0. The fourth-order valence-electron chi connectivity index (χ4n) is 14.9. The average molecular weight is 1100 g/mol. The van der Waals surface area contributed by atoms with Crippen LogP contribution in [0.1, 0.15) is 77.0 Å². The van der Waals surface area contributed by atoms with Gasteiger partial charge in [0.25, 0.3) is 6.71 Å². The summed E-state index contributed by atoms with van der Waals surface area (Å²) < 4.78 is 18.8. The minimum Gasteiger partial charge on any atom is -0.456 e. The number of benzene rings is 11. The first-order valence-corrected chi connectivity index (χ1v) is 30.7. The van der Waals surface area contributed by atoms with Crippen molar-refractivity contribution in [2.45, 2.75) is 78.6 Å². The third kappa shape index (κ3) is 7.32. The maximum Gasteiger partial charge on any atom is 0.252 e. The number of nitrogens with zero attached hydrogens (tertiary/aromatic N) is 4. The lowest BCUT2D eigenvalue weighted by Gasteiger charge is -2.46. The quantitative estimate of drug-likeness (QED) is 0.128. The van der Waals surface area contributed by atoms with Gasteiger partial charge in [0.15, 0.2) is 0 Å². The van der Waals surface area contributed by atoms with Crippen LogP contribution in [0.25, 0.3) is 98.9 Å². The molecular weight excluding hydrogens is 1040 g/mol. The van der Waals surface area contributed by atoms with Crippen molar-refractivity contribution in [3.8, 4) is 11.4 Å². The van der Waals surface area contributed by atoms with Crippen molar-refractivity contribution in [3.05, 3.63) is 235 Å². The van der Waals surface area contributed by atoms with Gasteiger partial charge in [0.05, 0.1) is 44.2 Å². The smallest absolute Gasteiger partial charge is 0.252 e. The summed E-state index contributed by atoms with van der Waals surface area (Å²) in [5.41, 5.74) is 25.1. The predicted octanol–water partition coefficient (Wildman–Crippen LogP) is 19.7. The van der Waals surface area contributed by atoms with Gasteiger partial charge in [-0.15, -0.1) is 0 Å². The Bertz CT molecular complexity index is 4830. The zero-order valence-electron chi connectivity index (χ0n) is 48.7. The highest BCUT2D eigenvalue weighted by atomic mass is 16.3. The van der Waals surface area contributed by atoms with Crippen LogP contribution in [0.3, 0.4) is 0 Å². The van der Waals surface area contributed by atoms with Crippen molar-refractivity contribution in [3.63, 3.8) is 0 Å². The van der Waals surface area contributed by atoms with Crippen molar-refractivity contribution < 1.29 is 8.83 Å². The lowest BCUT2D eigenvalue weighted by atomic mass is 9.33. The zero-order valence-corrected chi connectivity index (χ0v) is 48.7. The lowest BCUT2D eigenvalue weighted by Crippen LogP contribution is -2.61. The summed E-state index contributed by atoms with van der Waals surface area (Å²) in [6.45, 7) is 11.6. The number of anilines is 6. The fraction of sp³-hybridized carbons (Fsp3) is 0.154. The van der Waals surface area contributed by atoms with Gasteiger partial charge in [-0.1, -0.05) is 181 Å². The van der Waals surface area contributed by atoms with E-state index in [0.29, 0.717) is 0 Å². The van der Waals surface area contributed by atoms with Crippen LogP contribution in [0, 0.1) is 0 Å². The minimum absolute atomic E-state index is 0.158. The van der Waals surface area contributed by atoms with E-state index in [-0.39, 0.29) is 12.1 Å². The standard InChI is InChI=1S/C78H63BN4O2/c1-6-8-22-48-36-42-71-73(57-28-14-20-34-69(57)84-71)76(48)82-65-46-51(80-61-30-16-10-24-53(61)54-25-11-17-31-62(54)80)38-40-59(65)79-60-41-39-52(81-63-32-18-12-26-55(63)56-27-13-19-33-64(56)81)47-66(60)83(68-45-50(78(3,4)5)44-67(82)75(68)79)77-49(23-9-7-2)37-43-72-74(77)58-29-15-21-35-70(58)85-72/h10-21,24-47H,6-9,22-23H2,1-5H3. The van der Waals surface area contributed by atoms with Gasteiger partial charge >= 0.3 is 0 Å². The number of aryl methyl sites for hydroxylation is 2. The first kappa shape index (κ1) is 49.9. The van der Waals surface area contributed by atoms with Crippen LogP contribution in [-0.4, -0.2) is 15.8 Å². The van der Waals surface area contributed by atoms with Gasteiger partial charge in [-0.05, 0) is 149 Å². The largest absolute Gasteiger partial charge is 0.456 e. The summed E-state index contributed by atoms with van der Waals surface area (Å²) in [5, 5.41) is 9.51.